The zero-order chi connectivity index (χ0) is 22.6. The van der Waals surface area contributed by atoms with E-state index in [4.69, 9.17) is 4.74 Å². The first-order valence-electron chi connectivity index (χ1n) is 9.85. The summed E-state index contributed by atoms with van der Waals surface area (Å²) in [5.41, 5.74) is 0.425. The van der Waals surface area contributed by atoms with Crippen LogP contribution in [0.15, 0.2) is 18.2 Å². The van der Waals surface area contributed by atoms with E-state index < -0.39 is 33.9 Å². The molecule has 0 aliphatic carbocycles. The highest BCUT2D eigenvalue weighted by Crippen LogP contribution is 2.35. The second-order valence-electron chi connectivity index (χ2n) is 7.79. The van der Waals surface area contributed by atoms with Crippen LogP contribution in [0.5, 0.6) is 0 Å². The van der Waals surface area contributed by atoms with Gasteiger partial charge in [-0.2, -0.15) is 4.48 Å². The molecule has 1 aromatic rings. The molecule has 2 amide bonds. The van der Waals surface area contributed by atoms with E-state index in [1.165, 1.54) is 17.0 Å². The maximum absolute atomic E-state index is 15.0. The van der Waals surface area contributed by atoms with Gasteiger partial charge in [-0.1, -0.05) is 0 Å². The molecule has 0 saturated carbocycles. The number of carbonyl (C=O) groups is 2. The van der Waals surface area contributed by atoms with Crippen molar-refractivity contribution in [2.24, 2.45) is 5.92 Å². The van der Waals surface area contributed by atoms with Crippen LogP contribution >= 0.6 is 0 Å². The van der Waals surface area contributed by atoms with Crippen LogP contribution in [0.4, 0.5) is 20.6 Å². The quantitative estimate of drug-likeness (QED) is 0.268. The predicted octanol–water partition coefficient (Wildman–Crippen LogP) is 1.03. The van der Waals surface area contributed by atoms with E-state index in [1.54, 1.807) is 0 Å². The third-order valence-corrected chi connectivity index (χ3v) is 6.52. The van der Waals surface area contributed by atoms with Gasteiger partial charge in [-0.3, -0.25) is 9.69 Å². The van der Waals surface area contributed by atoms with E-state index in [2.05, 4.69) is 11.5 Å². The van der Waals surface area contributed by atoms with Crippen LogP contribution < -0.4 is 14.7 Å². The average molecular weight is 454 g/mol. The number of piperidine rings is 1. The Balaban J connectivity index is 1.72. The molecule has 3 rings (SSSR count). The van der Waals surface area contributed by atoms with Crippen LogP contribution in [0.1, 0.15) is 19.3 Å². The third-order valence-electron chi connectivity index (χ3n) is 5.79. The Morgan fingerprint density at radius 3 is 2.68 bits per heavy atom. The summed E-state index contributed by atoms with van der Waals surface area (Å²) in [5, 5.41) is 12.4. The smallest absolute Gasteiger partial charge is 0.414 e. The Hall–Kier alpha value is -2.75. The van der Waals surface area contributed by atoms with Crippen molar-refractivity contribution < 1.29 is 31.7 Å². The van der Waals surface area contributed by atoms with E-state index in [0.717, 1.165) is 6.07 Å². The van der Waals surface area contributed by atoms with E-state index >= 15 is 4.39 Å². The van der Waals surface area contributed by atoms with Crippen LogP contribution in [-0.2, 0) is 19.6 Å². The highest BCUT2D eigenvalue weighted by atomic mass is 32.2. The molecule has 0 aromatic heterocycles. The van der Waals surface area contributed by atoms with Crippen molar-refractivity contribution >= 4 is 34.0 Å². The summed E-state index contributed by atoms with van der Waals surface area (Å²) in [6.45, 7) is 1.31. The van der Waals surface area contributed by atoms with Gasteiger partial charge in [-0.25, -0.2) is 17.6 Å². The molecule has 12 heteroatoms. The zero-order valence-corrected chi connectivity index (χ0v) is 17.5. The van der Waals surface area contributed by atoms with Gasteiger partial charge in [-0.15, -0.1) is 5.26 Å². The fourth-order valence-corrected chi connectivity index (χ4v) is 4.60. The minimum Gasteiger partial charge on any atom is -0.748 e. The number of hydrogen-bond donors (Lipinski definition) is 1. The van der Waals surface area contributed by atoms with Crippen molar-refractivity contribution in [3.8, 4) is 6.19 Å². The van der Waals surface area contributed by atoms with Crippen molar-refractivity contribution in [2.45, 2.75) is 25.4 Å². The first-order valence-corrected chi connectivity index (χ1v) is 11.4. The van der Waals surface area contributed by atoms with Gasteiger partial charge in [0, 0.05) is 37.3 Å². The summed E-state index contributed by atoms with van der Waals surface area (Å²) in [6.07, 6.45) is 2.46. The van der Waals surface area contributed by atoms with Crippen molar-refractivity contribution in [2.75, 3.05) is 36.8 Å². The number of nitrogens with one attached hydrogen (secondary N) is 1. The number of ether oxygens (including phenoxy) is 1. The normalized spacial score (nSPS) is 26.2. The van der Waals surface area contributed by atoms with Gasteiger partial charge in [0.2, 0.25) is 6.41 Å². The fourth-order valence-electron chi connectivity index (χ4n) is 4.05. The lowest BCUT2D eigenvalue weighted by atomic mass is 9.94. The number of likely N-dealkylation sites (tertiary alicyclic amines) is 1. The molecule has 1 atom stereocenters. The second kappa shape index (κ2) is 9.17. The van der Waals surface area contributed by atoms with Crippen LogP contribution in [0.3, 0.4) is 0 Å². The summed E-state index contributed by atoms with van der Waals surface area (Å²) in [7, 11) is -4.43. The van der Waals surface area contributed by atoms with Gasteiger partial charge >= 0.3 is 12.3 Å². The minimum absolute atomic E-state index is 0.00317. The molecule has 2 aliphatic rings. The van der Waals surface area contributed by atoms with Gasteiger partial charge in [0.15, 0.2) is 11.5 Å². The first kappa shape index (κ1) is 22.9. The van der Waals surface area contributed by atoms with E-state index in [1.807, 2.05) is 0 Å². The molecular formula is C19H23FN4O6S. The topological polar surface area (TPSA) is 140 Å². The van der Waals surface area contributed by atoms with E-state index in [0.29, 0.717) is 38.9 Å². The SMILES string of the molecule is N#C[N+]1(c2ccc(N3C[C@@H](CCS(=O)(=O)[O-])OC3=O)cc2F)CCC(CNC=O)CC1. The lowest BCUT2D eigenvalue weighted by Crippen LogP contribution is -2.51. The van der Waals surface area contributed by atoms with Crippen LogP contribution in [0.25, 0.3) is 0 Å². The molecule has 10 nitrogen and oxygen atoms in total. The highest BCUT2D eigenvalue weighted by molar-refractivity contribution is 7.85. The van der Waals surface area contributed by atoms with E-state index in [-0.39, 0.29) is 34.7 Å². The van der Waals surface area contributed by atoms with Gasteiger partial charge < -0.3 is 14.6 Å². The molecule has 0 bridgehead atoms. The summed E-state index contributed by atoms with van der Waals surface area (Å²) < 4.78 is 52.2. The number of hydrogen-bond acceptors (Lipinski definition) is 7. The number of benzene rings is 1. The lowest BCUT2D eigenvalue weighted by molar-refractivity contribution is -0.109. The van der Waals surface area contributed by atoms with Crippen molar-refractivity contribution in [1.82, 2.24) is 9.80 Å². The summed E-state index contributed by atoms with van der Waals surface area (Å²) in [6, 6.07) is 4.14. The predicted molar refractivity (Wildman–Crippen MR) is 107 cm³/mol. The number of quaternary nitrogens is 1. The van der Waals surface area contributed by atoms with Gasteiger partial charge in [0.1, 0.15) is 6.10 Å². The maximum Gasteiger partial charge on any atom is 0.414 e. The lowest BCUT2D eigenvalue weighted by Gasteiger charge is -2.36. The highest BCUT2D eigenvalue weighted by Gasteiger charge is 2.40. The Kier molecular flexibility index (Phi) is 6.78. The standard InChI is InChI=1S/C19H23FN4O6S/c20-17-9-15(23-11-16(30-19(23)26)5-8-31(27,28)29)1-2-18(17)24(12-21)6-3-14(4-7-24)10-22-13-25/h1-2,9,13-14,16H,3-8,10-11H2,(H-,22,25,27,28,29)/t14?,16-,24?/m1/s1. The third kappa shape index (κ3) is 5.30. The Labute approximate surface area is 179 Å². The van der Waals surface area contributed by atoms with E-state index in [9.17, 15) is 27.8 Å². The number of nitriles is 1. The average Bonchev–Trinajstić information content (AvgIpc) is 3.11. The van der Waals surface area contributed by atoms with Gasteiger partial charge in [0.25, 0.3) is 0 Å². The second-order valence-corrected chi connectivity index (χ2v) is 9.31. The fraction of sp³-hybridized carbons (Fsp3) is 0.526. The summed E-state index contributed by atoms with van der Waals surface area (Å²) >= 11 is 0. The molecule has 168 valence electrons. The minimum atomic E-state index is -4.43. The molecule has 2 heterocycles. The number of carbonyl (C=O) groups excluding carboxylic acids is 2. The van der Waals surface area contributed by atoms with Crippen LogP contribution in [0.2, 0.25) is 0 Å². The molecule has 2 aliphatic heterocycles. The number of rotatable bonds is 8. The molecule has 0 unspecified atom stereocenters. The van der Waals surface area contributed by atoms with Crippen molar-refractivity contribution in [3.05, 3.63) is 24.0 Å². The zero-order valence-electron chi connectivity index (χ0n) is 16.7. The molecule has 0 spiro atoms. The largest absolute Gasteiger partial charge is 0.748 e. The molecule has 1 N–H and O–H groups in total. The van der Waals surface area contributed by atoms with Crippen LogP contribution in [-0.4, -0.2) is 63.5 Å². The Morgan fingerprint density at radius 2 is 2.10 bits per heavy atom. The Morgan fingerprint density at radius 1 is 1.39 bits per heavy atom. The van der Waals surface area contributed by atoms with Crippen LogP contribution in [0, 0.1) is 23.2 Å². The maximum atomic E-state index is 15.0. The summed E-state index contributed by atoms with van der Waals surface area (Å²) in [5.74, 6) is -1.07. The number of anilines is 1. The molecule has 1 aromatic carbocycles. The molecule has 31 heavy (non-hydrogen) atoms. The first-order chi connectivity index (χ1) is 14.7. The number of cyclic esters (lactones) is 1. The molecule has 2 saturated heterocycles. The molecule has 2 fully saturated rings. The number of nitrogens with zero attached hydrogens (tertiary/aromatic N) is 3. The molecule has 0 radical (unpaired) electrons. The number of halogens is 1. The van der Waals surface area contributed by atoms with Gasteiger partial charge in [-0.05, 0) is 18.4 Å². The van der Waals surface area contributed by atoms with Crippen molar-refractivity contribution in [3.63, 3.8) is 0 Å². The summed E-state index contributed by atoms with van der Waals surface area (Å²) in [4.78, 5) is 23.8. The van der Waals surface area contributed by atoms with Crippen molar-refractivity contribution in [1.29, 1.82) is 5.26 Å². The molecular weight excluding hydrogens is 431 g/mol. The van der Waals surface area contributed by atoms with Gasteiger partial charge in [0.05, 0.1) is 35.4 Å². The Bertz CT molecular complexity index is 988. The monoisotopic (exact) mass is 454 g/mol. The number of amides is 2.